The van der Waals surface area contributed by atoms with Crippen molar-refractivity contribution in [1.82, 2.24) is 9.13 Å². The molecule has 2 aromatic heterocycles. The van der Waals surface area contributed by atoms with Gasteiger partial charge in [-0.2, -0.15) is 0 Å². The van der Waals surface area contributed by atoms with Crippen molar-refractivity contribution < 1.29 is 0 Å². The molecule has 12 rings (SSSR count). The third-order valence-electron chi connectivity index (χ3n) is 12.0. The summed E-state index contributed by atoms with van der Waals surface area (Å²) in [4.78, 5) is 0. The first-order valence-corrected chi connectivity index (χ1v) is 19.0. The van der Waals surface area contributed by atoms with Gasteiger partial charge in [0.15, 0.2) is 0 Å². The van der Waals surface area contributed by atoms with Gasteiger partial charge in [-0.3, -0.25) is 0 Å². The van der Waals surface area contributed by atoms with Gasteiger partial charge in [0.1, 0.15) is 0 Å². The zero-order chi connectivity index (χ0) is 35.3. The summed E-state index contributed by atoms with van der Waals surface area (Å²) in [6.07, 6.45) is 4.72. The maximum absolute atomic E-state index is 2.50. The van der Waals surface area contributed by atoms with Crippen molar-refractivity contribution in [3.05, 3.63) is 182 Å². The van der Waals surface area contributed by atoms with Crippen LogP contribution >= 0.6 is 0 Å². The summed E-state index contributed by atoms with van der Waals surface area (Å²) in [5.74, 6) is 0. The average molecular weight is 687 g/mol. The largest absolute Gasteiger partial charge is 0.337 e. The maximum atomic E-state index is 2.50. The second-order valence-corrected chi connectivity index (χ2v) is 14.7. The fraction of sp³-hybridized carbons (Fsp3) is 0.0385. The van der Waals surface area contributed by atoms with Crippen LogP contribution in [0.3, 0.4) is 0 Å². The van der Waals surface area contributed by atoms with Gasteiger partial charge in [0.05, 0.1) is 11.0 Å². The molecule has 12 aromatic rings. The zero-order valence-electron chi connectivity index (χ0n) is 29.6. The quantitative estimate of drug-likeness (QED) is 0.129. The molecule has 0 bridgehead atoms. The Morgan fingerprint density at radius 3 is 0.833 bits per heavy atom. The molecule has 0 saturated heterocycles. The highest BCUT2D eigenvalue weighted by molar-refractivity contribution is 6.30. The van der Waals surface area contributed by atoms with Crippen LogP contribution in [0.4, 0.5) is 0 Å². The predicted octanol–water partition coefficient (Wildman–Crippen LogP) is 14.1. The van der Waals surface area contributed by atoms with E-state index in [2.05, 4.69) is 191 Å². The van der Waals surface area contributed by atoms with Crippen LogP contribution in [-0.2, 0) is 13.1 Å². The van der Waals surface area contributed by atoms with Crippen molar-refractivity contribution in [2.24, 2.45) is 0 Å². The summed E-state index contributed by atoms with van der Waals surface area (Å²) in [6.45, 7) is 1.58. The summed E-state index contributed by atoms with van der Waals surface area (Å²) in [6, 6.07) is 63.0. The number of rotatable bonds is 4. The van der Waals surface area contributed by atoms with Crippen LogP contribution in [0.25, 0.3) is 108 Å². The first kappa shape index (κ1) is 29.7. The summed E-state index contributed by atoms with van der Waals surface area (Å²) in [5.41, 5.74) is 5.08. The number of allylic oxidation sites excluding steroid dienone is 2. The SMILES string of the molecule is C(=C\Cn1c2ccccc2c2cc3c4ccccc4c4ccccc4c3cc21)/Cn1c2ccccc2c2cc3c4ccccc4c4ccccc4c3cc21. The number of aromatic nitrogens is 2. The van der Waals surface area contributed by atoms with Gasteiger partial charge >= 0.3 is 0 Å². The van der Waals surface area contributed by atoms with E-state index in [1.54, 1.807) is 0 Å². The van der Waals surface area contributed by atoms with E-state index in [9.17, 15) is 0 Å². The van der Waals surface area contributed by atoms with Gasteiger partial charge in [-0.25, -0.2) is 0 Å². The van der Waals surface area contributed by atoms with Gasteiger partial charge in [0.2, 0.25) is 0 Å². The second kappa shape index (κ2) is 11.3. The Bertz CT molecular complexity index is 3320. The molecule has 0 radical (unpaired) electrons. The van der Waals surface area contributed by atoms with Crippen LogP contribution < -0.4 is 0 Å². The maximum Gasteiger partial charge on any atom is 0.0501 e. The van der Waals surface area contributed by atoms with Crippen molar-refractivity contribution in [3.8, 4) is 0 Å². The number of hydrogen-bond acceptors (Lipinski definition) is 0. The number of hydrogen-bond donors (Lipinski definition) is 0. The van der Waals surface area contributed by atoms with E-state index >= 15 is 0 Å². The van der Waals surface area contributed by atoms with E-state index < -0.39 is 0 Å². The van der Waals surface area contributed by atoms with Crippen LogP contribution in [0.1, 0.15) is 0 Å². The Labute approximate surface area is 311 Å². The molecule has 0 aliphatic carbocycles. The summed E-state index contributed by atoms with van der Waals surface area (Å²) in [5, 5.41) is 20.9. The average Bonchev–Trinajstić information content (AvgIpc) is 3.72. The number of nitrogens with zero attached hydrogens (tertiary/aromatic N) is 2. The van der Waals surface area contributed by atoms with Gasteiger partial charge in [-0.05, 0) is 101 Å². The number of fused-ring (bicyclic) bond motifs is 18. The molecule has 2 heteroatoms. The molecule has 0 spiro atoms. The fourth-order valence-electron chi connectivity index (χ4n) is 9.64. The zero-order valence-corrected chi connectivity index (χ0v) is 29.6. The topological polar surface area (TPSA) is 9.86 Å². The van der Waals surface area contributed by atoms with E-state index in [1.807, 2.05) is 0 Å². The first-order valence-electron chi connectivity index (χ1n) is 19.0. The third kappa shape index (κ3) is 4.11. The normalized spacial score (nSPS) is 12.5. The van der Waals surface area contributed by atoms with E-state index in [1.165, 1.54) is 108 Å². The lowest BCUT2D eigenvalue weighted by Gasteiger charge is -2.12. The molecule has 2 heterocycles. The molecule has 0 saturated carbocycles. The minimum atomic E-state index is 0.789. The highest BCUT2D eigenvalue weighted by atomic mass is 15.0. The monoisotopic (exact) mass is 686 g/mol. The molecule has 0 unspecified atom stereocenters. The van der Waals surface area contributed by atoms with Crippen molar-refractivity contribution in [3.63, 3.8) is 0 Å². The summed E-state index contributed by atoms with van der Waals surface area (Å²) in [7, 11) is 0. The Kier molecular flexibility index (Phi) is 6.20. The molecule has 0 atom stereocenters. The molecule has 0 amide bonds. The van der Waals surface area contributed by atoms with Crippen molar-refractivity contribution >= 4 is 108 Å². The molecule has 54 heavy (non-hydrogen) atoms. The van der Waals surface area contributed by atoms with Gasteiger partial charge < -0.3 is 9.13 Å². The Balaban J connectivity index is 1.01. The molecular weight excluding hydrogens is 653 g/mol. The molecule has 0 fully saturated rings. The molecule has 0 aliphatic rings. The lowest BCUT2D eigenvalue weighted by atomic mass is 9.93. The van der Waals surface area contributed by atoms with Crippen molar-refractivity contribution in [1.29, 1.82) is 0 Å². The summed E-state index contributed by atoms with van der Waals surface area (Å²) >= 11 is 0. The Hall–Kier alpha value is -6.90. The van der Waals surface area contributed by atoms with Gasteiger partial charge in [-0.1, -0.05) is 146 Å². The standard InChI is InChI=1S/C52H34N2/c1-5-19-37-33(15-1)35-17-3-7-21-39(35)45-31-51-47(29-43(37)45)41-23-9-11-25-49(41)53(51)27-13-14-28-54-50-26-12-10-24-42(50)48-30-44-38-20-6-2-16-34(38)36-18-4-8-22-40(36)46(44)32-52(48)54/h1-26,29-32H,27-28H2/b14-13+. The van der Waals surface area contributed by atoms with Crippen molar-refractivity contribution in [2.75, 3.05) is 0 Å². The van der Waals surface area contributed by atoms with Crippen LogP contribution in [0.15, 0.2) is 182 Å². The van der Waals surface area contributed by atoms with Gasteiger partial charge in [0.25, 0.3) is 0 Å². The Morgan fingerprint density at radius 1 is 0.241 bits per heavy atom. The van der Waals surface area contributed by atoms with E-state index in [0.29, 0.717) is 0 Å². The highest BCUT2D eigenvalue weighted by Gasteiger charge is 2.17. The van der Waals surface area contributed by atoms with E-state index in [-0.39, 0.29) is 0 Å². The Morgan fingerprint density at radius 2 is 0.500 bits per heavy atom. The van der Waals surface area contributed by atoms with Crippen LogP contribution in [-0.4, -0.2) is 9.13 Å². The predicted molar refractivity (Wildman–Crippen MR) is 233 cm³/mol. The van der Waals surface area contributed by atoms with E-state index in [0.717, 1.165) is 13.1 Å². The van der Waals surface area contributed by atoms with Crippen molar-refractivity contribution in [2.45, 2.75) is 13.1 Å². The van der Waals surface area contributed by atoms with E-state index in [4.69, 9.17) is 0 Å². The lowest BCUT2D eigenvalue weighted by molar-refractivity contribution is 0.862. The van der Waals surface area contributed by atoms with Crippen LogP contribution in [0, 0.1) is 0 Å². The smallest absolute Gasteiger partial charge is 0.0501 e. The molecule has 10 aromatic carbocycles. The third-order valence-corrected chi connectivity index (χ3v) is 12.0. The minimum Gasteiger partial charge on any atom is -0.337 e. The second-order valence-electron chi connectivity index (χ2n) is 14.7. The highest BCUT2D eigenvalue weighted by Crippen LogP contribution is 2.41. The fourth-order valence-corrected chi connectivity index (χ4v) is 9.64. The summed E-state index contributed by atoms with van der Waals surface area (Å²) < 4.78 is 5.00. The van der Waals surface area contributed by atoms with Gasteiger partial charge in [0, 0.05) is 45.7 Å². The van der Waals surface area contributed by atoms with Crippen LogP contribution in [0.5, 0.6) is 0 Å². The minimum absolute atomic E-state index is 0.789. The molecule has 0 N–H and O–H groups in total. The molecule has 0 aliphatic heterocycles. The molecule has 2 nitrogen and oxygen atoms in total. The molecule has 252 valence electrons. The number of para-hydroxylation sites is 2. The first-order chi connectivity index (χ1) is 26.8. The number of benzene rings is 10. The lowest BCUT2D eigenvalue weighted by Crippen LogP contribution is -1.98. The van der Waals surface area contributed by atoms with Crippen LogP contribution in [0.2, 0.25) is 0 Å². The molecular formula is C52H34N2. The van der Waals surface area contributed by atoms with Gasteiger partial charge in [-0.15, -0.1) is 0 Å².